The topological polar surface area (TPSA) is 0 Å². The second-order valence-corrected chi connectivity index (χ2v) is 4.39. The number of allylic oxidation sites excluding steroid dienone is 4. The van der Waals surface area contributed by atoms with Crippen molar-refractivity contribution in [3.63, 3.8) is 0 Å². The Balaban J connectivity index is 0. The van der Waals surface area contributed by atoms with Crippen LogP contribution in [0.1, 0.15) is 27.7 Å². The number of hydrogen-bond acceptors (Lipinski definition) is 0. The van der Waals surface area contributed by atoms with Gasteiger partial charge in [-0.1, -0.05) is 0 Å². The average molecular weight is 468 g/mol. The van der Waals surface area contributed by atoms with Crippen LogP contribution in [0.4, 0.5) is 0 Å². The van der Waals surface area contributed by atoms with Gasteiger partial charge < -0.3 is 0 Å². The van der Waals surface area contributed by atoms with Crippen molar-refractivity contribution in [2.75, 3.05) is 0 Å². The second kappa shape index (κ2) is 6.33. The molecule has 0 bridgehead atoms. The van der Waals surface area contributed by atoms with Gasteiger partial charge in [0.25, 0.3) is 0 Å². The maximum absolute atomic E-state index is 2.30. The Labute approximate surface area is 125 Å². The van der Waals surface area contributed by atoms with E-state index in [-0.39, 0.29) is 48.0 Å². The van der Waals surface area contributed by atoms with E-state index in [2.05, 4.69) is 27.7 Å². The van der Waals surface area contributed by atoms with Crippen molar-refractivity contribution in [1.29, 1.82) is 0 Å². The van der Waals surface area contributed by atoms with Gasteiger partial charge in [-0.15, -0.1) is 48.0 Å². The molecule has 0 fully saturated rings. The van der Waals surface area contributed by atoms with Crippen LogP contribution in [0, 0.1) is 5.92 Å². The third-order valence-corrected chi connectivity index (χ3v) is 4.63. The van der Waals surface area contributed by atoms with E-state index in [4.69, 9.17) is 0 Å². The quantitative estimate of drug-likeness (QED) is 0.472. The first-order valence-corrected chi connectivity index (χ1v) is 4.88. The van der Waals surface area contributed by atoms with Crippen LogP contribution in [0.3, 0.4) is 0 Å². The Bertz CT molecular complexity index is 205. The number of halogens is 2. The van der Waals surface area contributed by atoms with Gasteiger partial charge >= 0.3 is 78.3 Å². The molecule has 0 aliphatic heterocycles. The molecule has 0 amide bonds. The van der Waals surface area contributed by atoms with Gasteiger partial charge in [0.05, 0.1) is 0 Å². The summed E-state index contributed by atoms with van der Waals surface area (Å²) in [6, 6.07) is 0. The van der Waals surface area contributed by atoms with Crippen LogP contribution >= 0.6 is 48.0 Å². The summed E-state index contributed by atoms with van der Waals surface area (Å²) in [5.74, 6) is 0.734. The molecule has 0 radical (unpaired) electrons. The molecule has 0 nitrogen and oxygen atoms in total. The summed E-state index contributed by atoms with van der Waals surface area (Å²) < 4.78 is 1.64. The minimum absolute atomic E-state index is 0. The fourth-order valence-corrected chi connectivity index (χ4v) is 2.36. The first-order valence-electron chi connectivity index (χ1n) is 3.65. The van der Waals surface area contributed by atoms with Crippen molar-refractivity contribution in [3.8, 4) is 0 Å². The third kappa shape index (κ3) is 2.91. The molecular weight excluding hydrogens is 453 g/mol. The molecular formula is C9H15I2Zr. The van der Waals surface area contributed by atoms with Crippen LogP contribution in [0.5, 0.6) is 0 Å². The van der Waals surface area contributed by atoms with Crippen LogP contribution < -0.4 is 0 Å². The second-order valence-electron chi connectivity index (χ2n) is 3.07. The van der Waals surface area contributed by atoms with Crippen LogP contribution in [0.2, 0.25) is 0 Å². The molecule has 12 heavy (non-hydrogen) atoms. The van der Waals surface area contributed by atoms with Gasteiger partial charge in [0.2, 0.25) is 0 Å². The van der Waals surface area contributed by atoms with Gasteiger partial charge in [0.15, 0.2) is 0 Å². The first kappa shape index (κ1) is 16.3. The van der Waals surface area contributed by atoms with E-state index in [9.17, 15) is 0 Å². The van der Waals surface area contributed by atoms with Gasteiger partial charge in [-0.05, 0) is 0 Å². The maximum Gasteiger partial charge on any atom is -0.107 e. The molecule has 0 aromatic carbocycles. The Morgan fingerprint density at radius 2 is 1.42 bits per heavy atom. The van der Waals surface area contributed by atoms with Crippen LogP contribution in [0.15, 0.2) is 20.0 Å². The summed E-state index contributed by atoms with van der Waals surface area (Å²) in [6.45, 7) is 9.03. The van der Waals surface area contributed by atoms with Crippen molar-refractivity contribution < 1.29 is 24.7 Å². The molecule has 3 heteroatoms. The zero-order chi connectivity index (χ0) is 7.89. The van der Waals surface area contributed by atoms with Gasteiger partial charge in [0, 0.05) is 0 Å². The van der Waals surface area contributed by atoms with E-state index < -0.39 is 0 Å². The predicted molar refractivity (Wildman–Crippen MR) is 71.1 cm³/mol. The van der Waals surface area contributed by atoms with E-state index in [0.717, 1.165) is 5.92 Å². The Morgan fingerprint density at radius 1 is 1.00 bits per heavy atom. The van der Waals surface area contributed by atoms with Crippen molar-refractivity contribution >= 4 is 48.0 Å². The van der Waals surface area contributed by atoms with E-state index in [1.54, 1.807) is 39.1 Å². The SMILES string of the molecule is CC1=C(C)C(C)[C]([Zr])=C1C.I.I. The molecule has 1 rings (SSSR count). The fourth-order valence-electron chi connectivity index (χ4n) is 1.36. The first-order chi connectivity index (χ1) is 4.55. The van der Waals surface area contributed by atoms with Crippen molar-refractivity contribution in [2.24, 2.45) is 5.92 Å². The number of rotatable bonds is 0. The monoisotopic (exact) mass is 467 g/mol. The van der Waals surface area contributed by atoms with Gasteiger partial charge in [-0.25, -0.2) is 0 Å². The zero-order valence-corrected chi connectivity index (χ0v) is 15.0. The van der Waals surface area contributed by atoms with Gasteiger partial charge in [0.1, 0.15) is 0 Å². The van der Waals surface area contributed by atoms with Gasteiger partial charge in [-0.2, -0.15) is 0 Å². The summed E-state index contributed by atoms with van der Waals surface area (Å²) >= 11 is 1.59. The summed E-state index contributed by atoms with van der Waals surface area (Å²) in [4.78, 5) is 0. The van der Waals surface area contributed by atoms with Crippen molar-refractivity contribution in [1.82, 2.24) is 0 Å². The van der Waals surface area contributed by atoms with Crippen LogP contribution in [-0.2, 0) is 24.7 Å². The zero-order valence-electron chi connectivity index (χ0n) is 7.89. The standard InChI is InChI=1S/C9H13.2HI.Zr/c1-6-5-7(2)9(4)8(6)3;;;/h6H,1-4H3;2*1H;. The summed E-state index contributed by atoms with van der Waals surface area (Å²) in [7, 11) is 0. The molecule has 0 saturated heterocycles. The largest absolute Gasteiger partial charge is 0.107 e. The average Bonchev–Trinajstić information content (AvgIpc) is 2.07. The molecule has 0 aromatic heterocycles. The summed E-state index contributed by atoms with van der Waals surface area (Å²) in [6.07, 6.45) is 0. The summed E-state index contributed by atoms with van der Waals surface area (Å²) in [5.41, 5.74) is 4.65. The van der Waals surface area contributed by atoms with Gasteiger partial charge in [-0.3, -0.25) is 0 Å². The van der Waals surface area contributed by atoms with Crippen molar-refractivity contribution in [2.45, 2.75) is 27.7 Å². The molecule has 0 N–H and O–H groups in total. The molecule has 1 aliphatic rings. The maximum atomic E-state index is 2.30. The molecule has 0 spiro atoms. The molecule has 1 aliphatic carbocycles. The minimum Gasteiger partial charge on any atom is -0.107 e. The molecule has 69 valence electrons. The molecule has 0 aromatic rings. The van der Waals surface area contributed by atoms with E-state index in [1.165, 1.54) is 5.57 Å². The molecule has 1 atom stereocenters. The Morgan fingerprint density at radius 3 is 1.50 bits per heavy atom. The predicted octanol–water partition coefficient (Wildman–Crippen LogP) is 4.03. The third-order valence-electron chi connectivity index (χ3n) is 2.64. The van der Waals surface area contributed by atoms with Crippen LogP contribution in [0.25, 0.3) is 0 Å². The smallest absolute Gasteiger partial charge is 0.107 e. The van der Waals surface area contributed by atoms with Crippen LogP contribution in [-0.4, -0.2) is 0 Å². The summed E-state index contributed by atoms with van der Waals surface area (Å²) in [5, 5.41) is 0. The number of hydrogen-bond donors (Lipinski definition) is 0. The van der Waals surface area contributed by atoms with E-state index >= 15 is 0 Å². The Hall–Kier alpha value is 1.82. The molecule has 1 unspecified atom stereocenters. The molecule has 0 heterocycles. The van der Waals surface area contributed by atoms with E-state index in [1.807, 2.05) is 0 Å². The fraction of sp³-hybridized carbons (Fsp3) is 0.556. The van der Waals surface area contributed by atoms with E-state index in [0.29, 0.717) is 0 Å². The Kier molecular flexibility index (Phi) is 8.58. The van der Waals surface area contributed by atoms with Crippen molar-refractivity contribution in [3.05, 3.63) is 20.0 Å². The minimum atomic E-state index is 0. The normalized spacial score (nSPS) is 22.1. The molecule has 0 saturated carbocycles.